The summed E-state index contributed by atoms with van der Waals surface area (Å²) in [6.45, 7) is 6.09. The van der Waals surface area contributed by atoms with E-state index in [2.05, 4.69) is 0 Å². The molecule has 1 fully saturated rings. The largest absolute Gasteiger partial charge is 0.449 e. The van der Waals surface area contributed by atoms with Crippen molar-refractivity contribution < 1.29 is 19.1 Å². The quantitative estimate of drug-likeness (QED) is 0.626. The zero-order valence-corrected chi connectivity index (χ0v) is 14.4. The second kappa shape index (κ2) is 6.79. The molecule has 6 heteroatoms. The molecule has 2 rings (SSSR count). The lowest BCUT2D eigenvalue weighted by Gasteiger charge is -2.28. The van der Waals surface area contributed by atoms with Gasteiger partial charge in [-0.1, -0.05) is 41.9 Å². The Balaban J connectivity index is 2.25. The minimum absolute atomic E-state index is 0.208. The lowest BCUT2D eigenvalue weighted by Crippen LogP contribution is -2.42. The van der Waals surface area contributed by atoms with Crippen LogP contribution >= 0.6 is 11.6 Å². The Morgan fingerprint density at radius 2 is 1.91 bits per heavy atom. The van der Waals surface area contributed by atoms with Crippen LogP contribution in [0.1, 0.15) is 32.8 Å². The summed E-state index contributed by atoms with van der Waals surface area (Å²) in [7, 11) is 0. The second-order valence-electron chi connectivity index (χ2n) is 6.64. The predicted molar refractivity (Wildman–Crippen MR) is 87.4 cm³/mol. The Morgan fingerprint density at radius 3 is 2.48 bits per heavy atom. The first-order valence-corrected chi connectivity index (χ1v) is 8.08. The van der Waals surface area contributed by atoms with Gasteiger partial charge in [0.25, 0.3) is 0 Å². The molecule has 0 saturated carbocycles. The number of carbonyl (C=O) groups is 2. The number of halogens is 1. The first-order chi connectivity index (χ1) is 10.8. The molecular formula is C17H22ClNO4. The van der Waals surface area contributed by atoms with Gasteiger partial charge in [0.1, 0.15) is 11.0 Å². The average molecular weight is 340 g/mol. The van der Waals surface area contributed by atoms with Crippen LogP contribution in [0.3, 0.4) is 0 Å². The molecular weight excluding hydrogens is 318 g/mol. The average Bonchev–Trinajstić information content (AvgIpc) is 2.93. The monoisotopic (exact) mass is 339 g/mol. The molecule has 1 amide bonds. The minimum Gasteiger partial charge on any atom is -0.449 e. The Bertz CT molecular complexity index is 570. The third-order valence-electron chi connectivity index (χ3n) is 3.82. The highest BCUT2D eigenvalue weighted by molar-refractivity contribution is 6.17. The normalized spacial score (nSPS) is 21.1. The highest BCUT2D eigenvalue weighted by Crippen LogP contribution is 2.36. The van der Waals surface area contributed by atoms with E-state index in [1.54, 1.807) is 4.90 Å². The molecule has 1 aromatic carbocycles. The number of likely N-dealkylation sites (tertiary alicyclic amines) is 1. The van der Waals surface area contributed by atoms with Gasteiger partial charge >= 0.3 is 12.1 Å². The SMILES string of the molecule is CC(C)(C)OC(=O)N1CCC(C(=O)OCCl)(c2ccccc2)C1. The molecule has 0 radical (unpaired) electrons. The van der Waals surface area contributed by atoms with Crippen LogP contribution in [0, 0.1) is 0 Å². The number of alkyl halides is 1. The number of hydrogen-bond donors (Lipinski definition) is 0. The van der Waals surface area contributed by atoms with Gasteiger partial charge in [0.05, 0.1) is 0 Å². The van der Waals surface area contributed by atoms with Gasteiger partial charge in [-0.3, -0.25) is 4.79 Å². The number of ether oxygens (including phenoxy) is 2. The van der Waals surface area contributed by atoms with Crippen molar-refractivity contribution in [3.63, 3.8) is 0 Å². The summed E-state index contributed by atoms with van der Waals surface area (Å²) >= 11 is 5.56. The van der Waals surface area contributed by atoms with E-state index < -0.39 is 23.1 Å². The van der Waals surface area contributed by atoms with Gasteiger partial charge in [-0.2, -0.15) is 0 Å². The molecule has 0 spiro atoms. The number of rotatable bonds is 3. The summed E-state index contributed by atoms with van der Waals surface area (Å²) < 4.78 is 10.5. The molecule has 1 unspecified atom stereocenters. The molecule has 1 aliphatic heterocycles. The van der Waals surface area contributed by atoms with Crippen molar-refractivity contribution >= 4 is 23.7 Å². The second-order valence-corrected chi connectivity index (χ2v) is 6.86. The molecule has 1 atom stereocenters. The maximum absolute atomic E-state index is 12.5. The van der Waals surface area contributed by atoms with Crippen molar-refractivity contribution in [2.45, 2.75) is 38.2 Å². The number of hydrogen-bond acceptors (Lipinski definition) is 4. The highest BCUT2D eigenvalue weighted by Gasteiger charge is 2.49. The fraction of sp³-hybridized carbons (Fsp3) is 0.529. The fourth-order valence-corrected chi connectivity index (χ4v) is 2.86. The van der Waals surface area contributed by atoms with Gasteiger partial charge < -0.3 is 14.4 Å². The maximum atomic E-state index is 12.5. The van der Waals surface area contributed by atoms with E-state index in [-0.39, 0.29) is 12.6 Å². The molecule has 23 heavy (non-hydrogen) atoms. The Kier molecular flexibility index (Phi) is 5.19. The van der Waals surface area contributed by atoms with E-state index in [9.17, 15) is 9.59 Å². The zero-order chi connectivity index (χ0) is 17.1. The molecule has 0 aromatic heterocycles. The molecule has 0 N–H and O–H groups in total. The van der Waals surface area contributed by atoms with Crippen molar-refractivity contribution in [1.82, 2.24) is 4.90 Å². The van der Waals surface area contributed by atoms with Gasteiger partial charge in [-0.05, 0) is 32.8 Å². The van der Waals surface area contributed by atoms with Gasteiger partial charge in [0.15, 0.2) is 6.07 Å². The molecule has 0 aliphatic carbocycles. The van der Waals surface area contributed by atoms with Gasteiger partial charge in [-0.25, -0.2) is 4.79 Å². The van der Waals surface area contributed by atoms with Crippen molar-refractivity contribution in [3.8, 4) is 0 Å². The van der Waals surface area contributed by atoms with E-state index in [0.29, 0.717) is 13.0 Å². The van der Waals surface area contributed by atoms with E-state index in [4.69, 9.17) is 21.1 Å². The Morgan fingerprint density at radius 1 is 1.26 bits per heavy atom. The van der Waals surface area contributed by atoms with Crippen molar-refractivity contribution in [3.05, 3.63) is 35.9 Å². The van der Waals surface area contributed by atoms with E-state index >= 15 is 0 Å². The van der Waals surface area contributed by atoms with Crippen LogP contribution in [0.4, 0.5) is 4.79 Å². The van der Waals surface area contributed by atoms with Gasteiger partial charge in [-0.15, -0.1) is 0 Å². The number of benzene rings is 1. The lowest BCUT2D eigenvalue weighted by molar-refractivity contribution is -0.148. The third kappa shape index (κ3) is 3.96. The Labute approximate surface area is 141 Å². The first kappa shape index (κ1) is 17.6. The van der Waals surface area contributed by atoms with E-state index in [1.807, 2.05) is 51.1 Å². The van der Waals surface area contributed by atoms with Crippen LogP contribution in [-0.4, -0.2) is 41.7 Å². The van der Waals surface area contributed by atoms with Crippen molar-refractivity contribution in [2.24, 2.45) is 0 Å². The minimum atomic E-state index is -0.896. The fourth-order valence-electron chi connectivity index (χ4n) is 2.76. The van der Waals surface area contributed by atoms with Crippen LogP contribution in [0.5, 0.6) is 0 Å². The van der Waals surface area contributed by atoms with Crippen LogP contribution in [0.2, 0.25) is 0 Å². The smallest absolute Gasteiger partial charge is 0.410 e. The highest BCUT2D eigenvalue weighted by atomic mass is 35.5. The van der Waals surface area contributed by atoms with Crippen molar-refractivity contribution in [2.75, 3.05) is 19.2 Å². The standard InChI is InChI=1S/C17H22ClNO4/c1-16(2,3)23-15(21)19-10-9-17(11-19,14(20)22-12-18)13-7-5-4-6-8-13/h4-8H,9-12H2,1-3H3. The number of nitrogens with zero attached hydrogens (tertiary/aromatic N) is 1. The van der Waals surface area contributed by atoms with E-state index in [0.717, 1.165) is 5.56 Å². The third-order valence-corrected chi connectivity index (χ3v) is 3.93. The van der Waals surface area contributed by atoms with Crippen LogP contribution in [-0.2, 0) is 19.7 Å². The lowest BCUT2D eigenvalue weighted by atomic mass is 9.80. The molecule has 126 valence electrons. The maximum Gasteiger partial charge on any atom is 0.410 e. The van der Waals surface area contributed by atoms with Crippen molar-refractivity contribution in [1.29, 1.82) is 0 Å². The molecule has 1 heterocycles. The number of carbonyl (C=O) groups excluding carboxylic acids is 2. The van der Waals surface area contributed by atoms with E-state index in [1.165, 1.54) is 0 Å². The van der Waals surface area contributed by atoms with Crippen LogP contribution < -0.4 is 0 Å². The summed E-state index contributed by atoms with van der Waals surface area (Å²) in [4.78, 5) is 26.4. The Hall–Kier alpha value is -1.75. The zero-order valence-electron chi connectivity index (χ0n) is 13.7. The van der Waals surface area contributed by atoms with Gasteiger partial charge in [0.2, 0.25) is 0 Å². The summed E-state index contributed by atoms with van der Waals surface area (Å²) in [5.74, 6) is -0.412. The summed E-state index contributed by atoms with van der Waals surface area (Å²) in [6.07, 6.45) is 0.0559. The molecule has 1 aromatic rings. The topological polar surface area (TPSA) is 55.8 Å². The molecule has 1 aliphatic rings. The predicted octanol–water partition coefficient (Wildman–Crippen LogP) is 3.30. The molecule has 0 bridgehead atoms. The van der Waals surface area contributed by atoms with Crippen LogP contribution in [0.15, 0.2) is 30.3 Å². The molecule has 5 nitrogen and oxygen atoms in total. The van der Waals surface area contributed by atoms with Gasteiger partial charge in [0, 0.05) is 13.1 Å². The number of esters is 1. The summed E-state index contributed by atoms with van der Waals surface area (Å²) in [5, 5.41) is 0. The molecule has 1 saturated heterocycles. The first-order valence-electron chi connectivity index (χ1n) is 7.55. The summed E-state index contributed by atoms with van der Waals surface area (Å²) in [5.41, 5.74) is -0.653. The van der Waals surface area contributed by atoms with Crippen LogP contribution in [0.25, 0.3) is 0 Å². The number of amides is 1. The summed E-state index contributed by atoms with van der Waals surface area (Å²) in [6, 6.07) is 9.13.